The molecule has 2 heteroatoms. The molecule has 0 amide bonds. The molecule has 7 unspecified atom stereocenters. The summed E-state index contributed by atoms with van der Waals surface area (Å²) in [5, 5.41) is 10.2. The number of Topliss-reactive ketones (excluding diaryl/α,β-unsaturated/α-hetero) is 1. The van der Waals surface area contributed by atoms with Crippen LogP contribution in [0.5, 0.6) is 0 Å². The van der Waals surface area contributed by atoms with E-state index in [2.05, 4.69) is 27.7 Å². The van der Waals surface area contributed by atoms with E-state index in [0.717, 1.165) is 37.5 Å². The zero-order valence-corrected chi connectivity index (χ0v) is 16.8. The van der Waals surface area contributed by atoms with Crippen molar-refractivity contribution < 1.29 is 9.90 Å². The second-order valence-electron chi connectivity index (χ2n) is 10.5. The van der Waals surface area contributed by atoms with Crippen LogP contribution in [-0.4, -0.2) is 17.0 Å². The van der Waals surface area contributed by atoms with Crippen LogP contribution >= 0.6 is 0 Å². The Hall–Kier alpha value is -0.630. The third-order valence-electron chi connectivity index (χ3n) is 9.82. The predicted molar refractivity (Wildman–Crippen MR) is 101 cm³/mol. The summed E-state index contributed by atoms with van der Waals surface area (Å²) in [6.45, 7) is 11.3. The Labute approximate surface area is 153 Å². The van der Waals surface area contributed by atoms with Crippen LogP contribution in [-0.2, 0) is 4.79 Å². The van der Waals surface area contributed by atoms with Gasteiger partial charge in [0.25, 0.3) is 0 Å². The number of fused-ring (bicyclic) bond motifs is 5. The fourth-order valence-electron chi connectivity index (χ4n) is 7.94. The molecule has 7 atom stereocenters. The molecule has 2 nitrogen and oxygen atoms in total. The maximum atomic E-state index is 12.5. The van der Waals surface area contributed by atoms with Crippen molar-refractivity contribution in [3.63, 3.8) is 0 Å². The Bertz CT molecular complexity index is 634. The molecule has 0 aromatic heterocycles. The molecule has 25 heavy (non-hydrogen) atoms. The number of carbonyl (C=O) groups is 1. The summed E-state index contributed by atoms with van der Waals surface area (Å²) < 4.78 is 0. The van der Waals surface area contributed by atoms with Gasteiger partial charge in [-0.05, 0) is 93.8 Å². The zero-order valence-electron chi connectivity index (χ0n) is 16.8. The normalized spacial score (nSPS) is 52.4. The van der Waals surface area contributed by atoms with Crippen molar-refractivity contribution in [2.24, 2.45) is 34.0 Å². The van der Waals surface area contributed by atoms with Gasteiger partial charge in [0.15, 0.2) is 0 Å². The average Bonchev–Trinajstić information content (AvgIpc) is 2.83. The molecular weight excluding hydrogens is 308 g/mol. The quantitative estimate of drug-likeness (QED) is 0.656. The third-order valence-corrected chi connectivity index (χ3v) is 9.82. The van der Waals surface area contributed by atoms with Crippen LogP contribution in [0.1, 0.15) is 86.0 Å². The maximum Gasteiger partial charge on any atom is 0.136 e. The summed E-state index contributed by atoms with van der Waals surface area (Å²) >= 11 is 0. The average molecular weight is 345 g/mol. The highest BCUT2D eigenvalue weighted by Crippen LogP contribution is 2.70. The molecule has 0 bridgehead atoms. The molecule has 0 radical (unpaired) electrons. The lowest BCUT2D eigenvalue weighted by atomic mass is 9.45. The van der Waals surface area contributed by atoms with Crippen LogP contribution in [0.2, 0.25) is 0 Å². The summed E-state index contributed by atoms with van der Waals surface area (Å²) in [6.07, 6.45) is 8.88. The van der Waals surface area contributed by atoms with Gasteiger partial charge in [-0.25, -0.2) is 0 Å². The molecule has 0 heterocycles. The number of aliphatic hydroxyl groups excluding tert-OH is 1. The van der Waals surface area contributed by atoms with Gasteiger partial charge in [0, 0.05) is 5.41 Å². The van der Waals surface area contributed by atoms with Crippen LogP contribution in [0.15, 0.2) is 11.1 Å². The van der Waals surface area contributed by atoms with Crippen LogP contribution in [0.3, 0.4) is 0 Å². The minimum absolute atomic E-state index is 0.121. The topological polar surface area (TPSA) is 37.3 Å². The van der Waals surface area contributed by atoms with E-state index >= 15 is 0 Å². The number of aliphatic hydroxyl groups is 1. The van der Waals surface area contributed by atoms with Gasteiger partial charge in [-0.2, -0.15) is 0 Å². The van der Waals surface area contributed by atoms with Crippen LogP contribution < -0.4 is 0 Å². The zero-order chi connectivity index (χ0) is 18.2. The van der Waals surface area contributed by atoms with E-state index < -0.39 is 0 Å². The maximum absolute atomic E-state index is 12.5. The highest BCUT2D eigenvalue weighted by atomic mass is 16.3. The van der Waals surface area contributed by atoms with Crippen LogP contribution in [0.25, 0.3) is 0 Å². The van der Waals surface area contributed by atoms with Crippen LogP contribution in [0.4, 0.5) is 0 Å². The van der Waals surface area contributed by atoms with E-state index in [1.807, 2.05) is 6.92 Å². The van der Waals surface area contributed by atoms with Crippen molar-refractivity contribution in [2.45, 2.75) is 92.1 Å². The van der Waals surface area contributed by atoms with Crippen LogP contribution in [0, 0.1) is 34.0 Å². The molecule has 0 aliphatic heterocycles. The molecule has 140 valence electrons. The minimum atomic E-state index is -0.129. The highest BCUT2D eigenvalue weighted by molar-refractivity contribution is 5.83. The number of carbonyl (C=O) groups excluding carboxylic acids is 1. The van der Waals surface area contributed by atoms with Gasteiger partial charge < -0.3 is 5.11 Å². The number of allylic oxidation sites excluding steroid dienone is 1. The first-order chi connectivity index (χ1) is 11.6. The van der Waals surface area contributed by atoms with E-state index in [4.69, 9.17) is 0 Å². The van der Waals surface area contributed by atoms with Crippen molar-refractivity contribution in [1.82, 2.24) is 0 Å². The molecule has 0 spiro atoms. The fourth-order valence-corrected chi connectivity index (χ4v) is 7.94. The van der Waals surface area contributed by atoms with E-state index in [1.54, 1.807) is 11.1 Å². The molecule has 4 aliphatic rings. The summed E-state index contributed by atoms with van der Waals surface area (Å²) in [5.74, 6) is 2.60. The van der Waals surface area contributed by atoms with Crippen molar-refractivity contribution in [3.05, 3.63) is 11.1 Å². The van der Waals surface area contributed by atoms with Gasteiger partial charge in [-0.3, -0.25) is 4.79 Å². The first-order valence-electron chi connectivity index (χ1n) is 10.5. The summed E-state index contributed by atoms with van der Waals surface area (Å²) in [7, 11) is 0. The second-order valence-corrected chi connectivity index (χ2v) is 10.5. The van der Waals surface area contributed by atoms with E-state index in [9.17, 15) is 9.90 Å². The molecule has 3 fully saturated rings. The molecule has 0 aromatic carbocycles. The van der Waals surface area contributed by atoms with E-state index in [1.165, 1.54) is 25.7 Å². The minimum Gasteiger partial charge on any atom is -0.393 e. The van der Waals surface area contributed by atoms with E-state index in [0.29, 0.717) is 17.1 Å². The first-order valence-corrected chi connectivity index (χ1v) is 10.5. The highest BCUT2D eigenvalue weighted by Gasteiger charge is 2.64. The summed E-state index contributed by atoms with van der Waals surface area (Å²) in [4.78, 5) is 12.5. The van der Waals surface area contributed by atoms with Gasteiger partial charge in [-0.15, -0.1) is 0 Å². The lowest BCUT2D eigenvalue weighted by Gasteiger charge is -2.60. The molecule has 0 aromatic rings. The summed E-state index contributed by atoms with van der Waals surface area (Å²) in [5.41, 5.74) is 3.50. The second kappa shape index (κ2) is 5.44. The van der Waals surface area contributed by atoms with Gasteiger partial charge in [0.2, 0.25) is 0 Å². The third kappa shape index (κ3) is 2.16. The number of hydrogen-bond donors (Lipinski definition) is 1. The standard InChI is InChI=1S/C23H36O2/c1-14-12-17-18(21(3)9-6-16(25)13-20(14)21)7-11-23(5)19(17)8-10-22(23,4)15(2)24/h16-19,25H,6-13H2,1-5H3. The van der Waals surface area contributed by atoms with E-state index in [-0.39, 0.29) is 16.9 Å². The van der Waals surface area contributed by atoms with Gasteiger partial charge in [0.1, 0.15) is 5.78 Å². The molecular formula is C23H36O2. The largest absolute Gasteiger partial charge is 0.393 e. The Morgan fingerprint density at radius 2 is 1.68 bits per heavy atom. The molecule has 3 saturated carbocycles. The number of ketones is 1. The van der Waals surface area contributed by atoms with Crippen molar-refractivity contribution in [3.8, 4) is 0 Å². The molecule has 4 rings (SSSR count). The molecule has 1 N–H and O–H groups in total. The lowest BCUT2D eigenvalue weighted by Crippen LogP contribution is -2.53. The Morgan fingerprint density at radius 3 is 2.36 bits per heavy atom. The van der Waals surface area contributed by atoms with Crippen molar-refractivity contribution in [2.75, 3.05) is 0 Å². The molecule has 0 saturated heterocycles. The Morgan fingerprint density at radius 1 is 1.00 bits per heavy atom. The van der Waals surface area contributed by atoms with Gasteiger partial charge >= 0.3 is 0 Å². The number of hydrogen-bond acceptors (Lipinski definition) is 2. The number of rotatable bonds is 1. The Kier molecular flexibility index (Phi) is 3.87. The predicted octanol–water partition coefficient (Wildman–Crippen LogP) is 5.30. The van der Waals surface area contributed by atoms with Crippen molar-refractivity contribution >= 4 is 5.78 Å². The monoisotopic (exact) mass is 344 g/mol. The van der Waals surface area contributed by atoms with Gasteiger partial charge in [-0.1, -0.05) is 31.9 Å². The smallest absolute Gasteiger partial charge is 0.136 e. The first kappa shape index (κ1) is 17.8. The van der Waals surface area contributed by atoms with Gasteiger partial charge in [0.05, 0.1) is 6.10 Å². The van der Waals surface area contributed by atoms with Crippen molar-refractivity contribution in [1.29, 1.82) is 0 Å². The molecule has 4 aliphatic carbocycles. The Balaban J connectivity index is 1.73. The fraction of sp³-hybridized carbons (Fsp3) is 0.870. The SMILES string of the molecule is CC(=O)C1(C)CCC2C3CC(C)=C4CC(O)CCC4(C)C3CCC21C. The lowest BCUT2D eigenvalue weighted by molar-refractivity contribution is -0.138. The summed E-state index contributed by atoms with van der Waals surface area (Å²) in [6, 6.07) is 0.